The first-order chi connectivity index (χ1) is 5.95. The topological polar surface area (TPSA) is 29.3 Å². The second-order valence-electron chi connectivity index (χ2n) is 5.70. The summed E-state index contributed by atoms with van der Waals surface area (Å²) in [7, 11) is 2.23. The molecule has 2 aliphatic rings. The third kappa shape index (κ3) is 1.50. The van der Waals surface area contributed by atoms with Gasteiger partial charge in [-0.1, -0.05) is 13.8 Å². The summed E-state index contributed by atoms with van der Waals surface area (Å²) in [5.74, 6) is 0. The minimum Gasteiger partial charge on any atom is -0.325 e. The third-order valence-corrected chi connectivity index (χ3v) is 4.25. The van der Waals surface area contributed by atoms with E-state index < -0.39 is 0 Å². The van der Waals surface area contributed by atoms with Crippen LogP contribution >= 0.6 is 0 Å². The molecule has 2 rings (SSSR count). The van der Waals surface area contributed by atoms with Crippen molar-refractivity contribution in [2.45, 2.75) is 51.1 Å². The Kier molecular flexibility index (Phi) is 1.97. The molecule has 76 valence electrons. The van der Waals surface area contributed by atoms with Crippen LogP contribution in [0, 0.1) is 5.41 Å². The highest BCUT2D eigenvalue weighted by Gasteiger charge is 2.59. The van der Waals surface area contributed by atoms with Crippen molar-refractivity contribution in [2.24, 2.45) is 11.1 Å². The van der Waals surface area contributed by atoms with Gasteiger partial charge in [0.1, 0.15) is 0 Å². The molecule has 2 unspecified atom stereocenters. The number of nitrogens with two attached hydrogens (primary N) is 1. The van der Waals surface area contributed by atoms with Gasteiger partial charge in [0.25, 0.3) is 0 Å². The molecule has 13 heavy (non-hydrogen) atoms. The molecule has 1 saturated carbocycles. The maximum atomic E-state index is 6.34. The van der Waals surface area contributed by atoms with Gasteiger partial charge in [0, 0.05) is 11.6 Å². The average Bonchev–Trinajstić information content (AvgIpc) is 2.37. The lowest BCUT2D eigenvalue weighted by atomic mass is 9.96. The summed E-state index contributed by atoms with van der Waals surface area (Å²) in [6, 6.07) is 0.756. The van der Waals surface area contributed by atoms with E-state index in [0.29, 0.717) is 5.41 Å². The zero-order chi connectivity index (χ0) is 9.69. The second-order valence-corrected chi connectivity index (χ2v) is 5.70. The Morgan fingerprint density at radius 1 is 1.46 bits per heavy atom. The van der Waals surface area contributed by atoms with E-state index in [2.05, 4.69) is 25.8 Å². The standard InChI is InChI=1S/C11H22N2/c1-10(2)8-11(10,12)7-9-5-4-6-13(9)3/h9H,4-8,12H2,1-3H3. The van der Waals surface area contributed by atoms with E-state index in [4.69, 9.17) is 5.73 Å². The van der Waals surface area contributed by atoms with Crippen molar-refractivity contribution in [1.29, 1.82) is 0 Å². The lowest BCUT2D eigenvalue weighted by Crippen LogP contribution is -2.37. The van der Waals surface area contributed by atoms with Crippen LogP contribution in [-0.4, -0.2) is 30.1 Å². The van der Waals surface area contributed by atoms with Crippen molar-refractivity contribution in [3.63, 3.8) is 0 Å². The first-order valence-corrected chi connectivity index (χ1v) is 5.44. The molecular weight excluding hydrogens is 160 g/mol. The first-order valence-electron chi connectivity index (χ1n) is 5.44. The van der Waals surface area contributed by atoms with E-state index in [1.165, 1.54) is 32.2 Å². The molecule has 0 aromatic heterocycles. The fourth-order valence-corrected chi connectivity index (χ4v) is 2.75. The van der Waals surface area contributed by atoms with Crippen molar-refractivity contribution in [2.75, 3.05) is 13.6 Å². The van der Waals surface area contributed by atoms with Crippen LogP contribution in [-0.2, 0) is 0 Å². The molecule has 0 bridgehead atoms. The molecule has 1 heterocycles. The number of nitrogens with zero attached hydrogens (tertiary/aromatic N) is 1. The SMILES string of the molecule is CN1CCCC1CC1(N)CC1(C)C. The number of rotatable bonds is 2. The van der Waals surface area contributed by atoms with Crippen LogP contribution in [0.4, 0.5) is 0 Å². The van der Waals surface area contributed by atoms with Crippen LogP contribution < -0.4 is 5.73 Å². The zero-order valence-electron chi connectivity index (χ0n) is 9.14. The molecular formula is C11H22N2. The number of hydrogen-bond donors (Lipinski definition) is 1. The lowest BCUT2D eigenvalue weighted by Gasteiger charge is -2.25. The van der Waals surface area contributed by atoms with Crippen LogP contribution in [0.15, 0.2) is 0 Å². The average molecular weight is 182 g/mol. The molecule has 0 aromatic rings. The van der Waals surface area contributed by atoms with Gasteiger partial charge >= 0.3 is 0 Å². The molecule has 1 saturated heterocycles. The first kappa shape index (κ1) is 9.47. The summed E-state index contributed by atoms with van der Waals surface area (Å²) in [5, 5.41) is 0. The van der Waals surface area contributed by atoms with Gasteiger partial charge in [-0.15, -0.1) is 0 Å². The van der Waals surface area contributed by atoms with Gasteiger partial charge in [0.15, 0.2) is 0 Å². The highest BCUT2D eigenvalue weighted by molar-refractivity contribution is 5.16. The van der Waals surface area contributed by atoms with Gasteiger partial charge in [-0.25, -0.2) is 0 Å². The zero-order valence-corrected chi connectivity index (χ0v) is 9.14. The smallest absolute Gasteiger partial charge is 0.0227 e. The number of hydrogen-bond acceptors (Lipinski definition) is 2. The van der Waals surface area contributed by atoms with Crippen molar-refractivity contribution < 1.29 is 0 Å². The Bertz CT molecular complexity index is 212. The van der Waals surface area contributed by atoms with E-state index in [1.807, 2.05) is 0 Å². The van der Waals surface area contributed by atoms with E-state index in [-0.39, 0.29) is 5.54 Å². The van der Waals surface area contributed by atoms with Crippen LogP contribution in [0.25, 0.3) is 0 Å². The van der Waals surface area contributed by atoms with Gasteiger partial charge in [0.2, 0.25) is 0 Å². The fourth-order valence-electron chi connectivity index (χ4n) is 2.75. The summed E-state index contributed by atoms with van der Waals surface area (Å²) >= 11 is 0. The maximum absolute atomic E-state index is 6.34. The lowest BCUT2D eigenvalue weighted by molar-refractivity contribution is 0.263. The molecule has 2 heteroatoms. The largest absolute Gasteiger partial charge is 0.325 e. The van der Waals surface area contributed by atoms with Gasteiger partial charge in [-0.3, -0.25) is 0 Å². The molecule has 0 aromatic carbocycles. The van der Waals surface area contributed by atoms with Gasteiger partial charge < -0.3 is 10.6 Å². The summed E-state index contributed by atoms with van der Waals surface area (Å²) in [4.78, 5) is 2.48. The predicted molar refractivity (Wildman–Crippen MR) is 55.6 cm³/mol. The normalized spacial score (nSPS) is 43.8. The van der Waals surface area contributed by atoms with Gasteiger partial charge in [-0.05, 0) is 44.7 Å². The van der Waals surface area contributed by atoms with Crippen molar-refractivity contribution in [3.05, 3.63) is 0 Å². The Hall–Kier alpha value is -0.0800. The number of likely N-dealkylation sites (tertiary alicyclic amines) is 1. The second kappa shape index (κ2) is 2.71. The molecule has 2 fully saturated rings. The molecule has 0 amide bonds. The van der Waals surface area contributed by atoms with Gasteiger partial charge in [0.05, 0.1) is 0 Å². The summed E-state index contributed by atoms with van der Waals surface area (Å²) in [6.45, 7) is 5.85. The van der Waals surface area contributed by atoms with E-state index >= 15 is 0 Å². The van der Waals surface area contributed by atoms with Crippen molar-refractivity contribution >= 4 is 0 Å². The monoisotopic (exact) mass is 182 g/mol. The van der Waals surface area contributed by atoms with E-state index in [9.17, 15) is 0 Å². The molecule has 1 aliphatic heterocycles. The highest BCUT2D eigenvalue weighted by atomic mass is 15.2. The van der Waals surface area contributed by atoms with Gasteiger partial charge in [-0.2, -0.15) is 0 Å². The van der Waals surface area contributed by atoms with Crippen LogP contribution in [0.5, 0.6) is 0 Å². The maximum Gasteiger partial charge on any atom is 0.0227 e. The van der Waals surface area contributed by atoms with Crippen LogP contribution in [0.2, 0.25) is 0 Å². The molecule has 2 atom stereocenters. The summed E-state index contributed by atoms with van der Waals surface area (Å²) in [5.41, 5.74) is 6.89. The Labute approximate surface area is 81.5 Å². The highest BCUT2D eigenvalue weighted by Crippen LogP contribution is 2.56. The molecule has 2 N–H and O–H groups in total. The fraction of sp³-hybridized carbons (Fsp3) is 1.00. The summed E-state index contributed by atoms with van der Waals surface area (Å²) < 4.78 is 0. The third-order valence-electron chi connectivity index (χ3n) is 4.25. The van der Waals surface area contributed by atoms with E-state index in [0.717, 1.165) is 6.04 Å². The van der Waals surface area contributed by atoms with E-state index in [1.54, 1.807) is 0 Å². The summed E-state index contributed by atoms with van der Waals surface area (Å²) in [6.07, 6.45) is 5.13. The quantitative estimate of drug-likeness (QED) is 0.703. The van der Waals surface area contributed by atoms with Crippen LogP contribution in [0.3, 0.4) is 0 Å². The van der Waals surface area contributed by atoms with Crippen molar-refractivity contribution in [3.8, 4) is 0 Å². The van der Waals surface area contributed by atoms with Crippen molar-refractivity contribution in [1.82, 2.24) is 4.90 Å². The molecule has 2 nitrogen and oxygen atoms in total. The Balaban J connectivity index is 1.92. The Morgan fingerprint density at radius 3 is 2.46 bits per heavy atom. The van der Waals surface area contributed by atoms with Crippen LogP contribution in [0.1, 0.15) is 39.5 Å². The minimum absolute atomic E-state index is 0.149. The molecule has 0 radical (unpaired) electrons. The predicted octanol–water partition coefficient (Wildman–Crippen LogP) is 1.60. The molecule has 0 spiro atoms. The Morgan fingerprint density at radius 2 is 2.08 bits per heavy atom. The molecule has 1 aliphatic carbocycles. The minimum atomic E-state index is 0.149.